The van der Waals surface area contributed by atoms with Gasteiger partial charge in [-0.2, -0.15) is 0 Å². The van der Waals surface area contributed by atoms with Gasteiger partial charge in [0, 0.05) is 24.4 Å². The van der Waals surface area contributed by atoms with E-state index in [2.05, 4.69) is 4.98 Å². The molecule has 7 heteroatoms. The van der Waals surface area contributed by atoms with Crippen molar-refractivity contribution in [3.8, 4) is 5.88 Å². The quantitative estimate of drug-likeness (QED) is 0.833. The molecule has 1 aliphatic rings. The molecule has 0 fully saturated rings. The van der Waals surface area contributed by atoms with Crippen molar-refractivity contribution in [3.05, 3.63) is 58.9 Å². The predicted molar refractivity (Wildman–Crippen MR) is 90.6 cm³/mol. The van der Waals surface area contributed by atoms with Crippen LogP contribution >= 0.6 is 11.6 Å². The molecule has 0 saturated heterocycles. The smallest absolute Gasteiger partial charge is 0.238 e. The van der Waals surface area contributed by atoms with E-state index in [1.807, 2.05) is 0 Å². The number of pyridine rings is 1. The summed E-state index contributed by atoms with van der Waals surface area (Å²) in [4.78, 5) is 16.4. The maximum Gasteiger partial charge on any atom is 0.238 e. The molecular weight excluding hydrogens is 350 g/mol. The molecule has 0 bridgehead atoms. The lowest BCUT2D eigenvalue weighted by Crippen LogP contribution is -2.06. The second kappa shape index (κ2) is 6.37. The Morgan fingerprint density at radius 1 is 1.12 bits per heavy atom. The largest absolute Gasteiger partial charge is 0.433 e. The number of hydrogen-bond acceptors (Lipinski definition) is 5. The van der Waals surface area contributed by atoms with Gasteiger partial charge in [0.05, 0.1) is 4.90 Å². The van der Waals surface area contributed by atoms with Crippen LogP contribution in [0.2, 0.25) is 5.02 Å². The molecule has 0 aliphatic heterocycles. The number of carbonyl (C=O) groups excluding carboxylic acids is 1. The standard InChI is InChI=1S/C17H14ClNO4S/c1-24(21,22)12-6-4-11(5-7-12)13-8-9-15(20)16(13)23-17-14(18)3-2-10-19-17/h2-7,10H,8-9H2,1H3. The summed E-state index contributed by atoms with van der Waals surface area (Å²) in [5.74, 6) is 0.260. The summed E-state index contributed by atoms with van der Waals surface area (Å²) in [7, 11) is -3.26. The van der Waals surface area contributed by atoms with Crippen molar-refractivity contribution >= 4 is 32.8 Å². The van der Waals surface area contributed by atoms with Crippen molar-refractivity contribution in [2.75, 3.05) is 6.26 Å². The van der Waals surface area contributed by atoms with Gasteiger partial charge in [-0.3, -0.25) is 4.79 Å². The maximum atomic E-state index is 12.2. The first-order chi connectivity index (χ1) is 11.4. The molecule has 24 heavy (non-hydrogen) atoms. The van der Waals surface area contributed by atoms with Crippen LogP contribution < -0.4 is 4.74 Å². The fourth-order valence-corrected chi connectivity index (χ4v) is 3.26. The second-order valence-electron chi connectivity index (χ2n) is 5.42. The number of sulfone groups is 1. The first kappa shape index (κ1) is 16.7. The molecule has 1 heterocycles. The van der Waals surface area contributed by atoms with Gasteiger partial charge >= 0.3 is 0 Å². The Kier molecular flexibility index (Phi) is 4.43. The van der Waals surface area contributed by atoms with Crippen molar-refractivity contribution in [3.63, 3.8) is 0 Å². The molecule has 124 valence electrons. The third-order valence-corrected chi connectivity index (χ3v) is 5.10. The molecule has 2 aromatic rings. The van der Waals surface area contributed by atoms with Gasteiger partial charge in [0.15, 0.2) is 21.4 Å². The molecule has 0 unspecified atom stereocenters. The van der Waals surface area contributed by atoms with Crippen LogP contribution in [0.4, 0.5) is 0 Å². The number of benzene rings is 1. The molecule has 3 rings (SSSR count). The van der Waals surface area contributed by atoms with Crippen molar-refractivity contribution < 1.29 is 17.9 Å². The Balaban J connectivity index is 1.99. The molecule has 1 aromatic heterocycles. The number of nitrogens with zero attached hydrogens (tertiary/aromatic N) is 1. The number of ketones is 1. The first-order valence-corrected chi connectivity index (χ1v) is 9.48. The minimum atomic E-state index is -3.26. The van der Waals surface area contributed by atoms with Crippen LogP contribution in [0, 0.1) is 0 Å². The number of rotatable bonds is 4. The Hall–Kier alpha value is -2.18. The first-order valence-electron chi connectivity index (χ1n) is 7.21. The number of Topliss-reactive ketones (excluding diaryl/α,β-unsaturated/α-hetero) is 1. The second-order valence-corrected chi connectivity index (χ2v) is 7.84. The number of halogens is 1. The van der Waals surface area contributed by atoms with E-state index in [4.69, 9.17) is 16.3 Å². The van der Waals surface area contributed by atoms with E-state index in [9.17, 15) is 13.2 Å². The van der Waals surface area contributed by atoms with Gasteiger partial charge < -0.3 is 4.74 Å². The van der Waals surface area contributed by atoms with E-state index in [1.54, 1.807) is 24.3 Å². The molecule has 0 radical (unpaired) electrons. The van der Waals surface area contributed by atoms with Crippen LogP contribution in [0.5, 0.6) is 5.88 Å². The summed E-state index contributed by atoms with van der Waals surface area (Å²) in [5, 5.41) is 0.316. The third kappa shape index (κ3) is 3.34. The highest BCUT2D eigenvalue weighted by Crippen LogP contribution is 2.34. The van der Waals surface area contributed by atoms with Gasteiger partial charge in [0.2, 0.25) is 5.88 Å². The zero-order valence-corrected chi connectivity index (χ0v) is 14.4. The highest BCUT2D eigenvalue weighted by Gasteiger charge is 2.27. The highest BCUT2D eigenvalue weighted by molar-refractivity contribution is 7.90. The van der Waals surface area contributed by atoms with Crippen molar-refractivity contribution in [1.82, 2.24) is 4.98 Å². The Morgan fingerprint density at radius 3 is 2.46 bits per heavy atom. The average Bonchev–Trinajstić information content (AvgIpc) is 2.90. The Bertz CT molecular complexity index is 933. The number of carbonyl (C=O) groups is 1. The predicted octanol–water partition coefficient (Wildman–Crippen LogP) is 3.29. The fraction of sp³-hybridized carbons (Fsp3) is 0.176. The fourth-order valence-electron chi connectivity index (χ4n) is 2.47. The molecule has 5 nitrogen and oxygen atoms in total. The lowest BCUT2D eigenvalue weighted by Gasteiger charge is -2.09. The number of hydrogen-bond donors (Lipinski definition) is 0. The third-order valence-electron chi connectivity index (χ3n) is 3.68. The zero-order chi connectivity index (χ0) is 17.3. The lowest BCUT2D eigenvalue weighted by atomic mass is 10.1. The summed E-state index contributed by atoms with van der Waals surface area (Å²) in [6.07, 6.45) is 3.54. The van der Waals surface area contributed by atoms with E-state index in [1.165, 1.54) is 18.3 Å². The van der Waals surface area contributed by atoms with E-state index in [-0.39, 0.29) is 22.3 Å². The summed E-state index contributed by atoms with van der Waals surface area (Å²) < 4.78 is 28.7. The van der Waals surface area contributed by atoms with Crippen LogP contribution in [0.15, 0.2) is 53.2 Å². The minimum absolute atomic E-state index is 0.126. The Morgan fingerprint density at radius 2 is 1.83 bits per heavy atom. The van der Waals surface area contributed by atoms with E-state index in [0.29, 0.717) is 17.9 Å². The van der Waals surface area contributed by atoms with Crippen molar-refractivity contribution in [2.45, 2.75) is 17.7 Å². The van der Waals surface area contributed by atoms with E-state index in [0.717, 1.165) is 17.4 Å². The van der Waals surface area contributed by atoms with E-state index >= 15 is 0 Å². The normalized spacial score (nSPS) is 15.0. The minimum Gasteiger partial charge on any atom is -0.433 e. The lowest BCUT2D eigenvalue weighted by molar-refractivity contribution is -0.116. The molecule has 1 aromatic carbocycles. The summed E-state index contributed by atoms with van der Waals surface area (Å²) >= 11 is 6.03. The van der Waals surface area contributed by atoms with Gasteiger partial charge in [0.25, 0.3) is 0 Å². The molecule has 0 amide bonds. The number of ether oxygens (including phenoxy) is 1. The van der Waals surface area contributed by atoms with Crippen molar-refractivity contribution in [1.29, 1.82) is 0 Å². The van der Waals surface area contributed by atoms with Crippen LogP contribution in [-0.2, 0) is 14.6 Å². The number of aromatic nitrogens is 1. The SMILES string of the molecule is CS(=O)(=O)c1ccc(C2=C(Oc3ncccc3Cl)C(=O)CC2)cc1. The highest BCUT2D eigenvalue weighted by atomic mass is 35.5. The Labute approximate surface area is 144 Å². The molecule has 0 spiro atoms. The average molecular weight is 364 g/mol. The van der Waals surface area contributed by atoms with E-state index < -0.39 is 9.84 Å². The molecule has 1 aliphatic carbocycles. The van der Waals surface area contributed by atoms with Gasteiger partial charge in [0.1, 0.15) is 5.02 Å². The maximum absolute atomic E-state index is 12.2. The van der Waals surface area contributed by atoms with Gasteiger partial charge in [-0.25, -0.2) is 13.4 Å². The summed E-state index contributed by atoms with van der Waals surface area (Å²) in [5.41, 5.74) is 1.47. The zero-order valence-electron chi connectivity index (χ0n) is 12.8. The van der Waals surface area contributed by atoms with Crippen LogP contribution in [0.3, 0.4) is 0 Å². The topological polar surface area (TPSA) is 73.3 Å². The van der Waals surface area contributed by atoms with Crippen molar-refractivity contribution in [2.24, 2.45) is 0 Å². The van der Waals surface area contributed by atoms with Crippen LogP contribution in [0.1, 0.15) is 18.4 Å². The molecular formula is C17H14ClNO4S. The summed E-state index contributed by atoms with van der Waals surface area (Å²) in [6.45, 7) is 0. The monoisotopic (exact) mass is 363 g/mol. The molecule has 0 atom stereocenters. The van der Waals surface area contributed by atoms with Crippen LogP contribution in [0.25, 0.3) is 5.57 Å². The van der Waals surface area contributed by atoms with Gasteiger partial charge in [-0.1, -0.05) is 23.7 Å². The van der Waals surface area contributed by atoms with Crippen LogP contribution in [-0.4, -0.2) is 25.4 Å². The molecule has 0 N–H and O–H groups in total. The number of allylic oxidation sites excluding steroid dienone is 2. The summed E-state index contributed by atoms with van der Waals surface area (Å²) in [6, 6.07) is 9.69. The molecule has 0 saturated carbocycles. The van der Waals surface area contributed by atoms with Gasteiger partial charge in [-0.05, 0) is 36.2 Å². The van der Waals surface area contributed by atoms with Gasteiger partial charge in [-0.15, -0.1) is 0 Å².